The van der Waals surface area contributed by atoms with Crippen molar-refractivity contribution in [2.75, 3.05) is 6.54 Å². The van der Waals surface area contributed by atoms with E-state index in [0.717, 1.165) is 6.42 Å². The first kappa shape index (κ1) is 17.0. The Morgan fingerprint density at radius 3 is 2.75 bits per heavy atom. The Hall–Kier alpha value is -1.07. The maximum absolute atomic E-state index is 12.0. The lowest BCUT2D eigenvalue weighted by Crippen LogP contribution is -2.26. The van der Waals surface area contributed by atoms with Crippen LogP contribution in [0.25, 0.3) is 0 Å². The number of rotatable bonds is 7. The van der Waals surface area contributed by atoms with Gasteiger partial charge in [-0.1, -0.05) is 18.5 Å². The van der Waals surface area contributed by atoms with E-state index in [9.17, 15) is 9.59 Å². The maximum atomic E-state index is 12.0. The summed E-state index contributed by atoms with van der Waals surface area (Å²) >= 11 is 9.17. The number of nitrogens with one attached hydrogen (secondary N) is 1. The molecule has 2 N–H and O–H groups in total. The Bertz CT molecular complexity index is 493. The molecule has 110 valence electrons. The molecule has 0 aliphatic carbocycles. The van der Waals surface area contributed by atoms with E-state index < -0.39 is 5.97 Å². The van der Waals surface area contributed by atoms with Crippen molar-refractivity contribution in [3.63, 3.8) is 0 Å². The Labute approximate surface area is 131 Å². The maximum Gasteiger partial charge on any atom is 0.303 e. The quantitative estimate of drug-likeness (QED) is 0.777. The standard InChI is InChI=1S/C14H17BrClNO3/c1-9(2-5-13(18)19)6-7-17-14(20)11-8-10(16)3-4-12(11)15/h3-4,8-9H,2,5-7H2,1H3,(H,17,20)(H,18,19). The molecule has 1 rings (SSSR count). The summed E-state index contributed by atoms with van der Waals surface area (Å²) in [4.78, 5) is 22.4. The van der Waals surface area contributed by atoms with Crippen LogP contribution >= 0.6 is 27.5 Å². The molecule has 1 atom stereocenters. The van der Waals surface area contributed by atoms with Gasteiger partial charge in [0.15, 0.2) is 0 Å². The Balaban J connectivity index is 2.40. The minimum Gasteiger partial charge on any atom is -0.481 e. The number of carboxylic acid groups (broad SMARTS) is 1. The summed E-state index contributed by atoms with van der Waals surface area (Å²) in [5.74, 6) is -0.720. The number of carbonyl (C=O) groups excluding carboxylic acids is 1. The normalized spacial score (nSPS) is 11.9. The molecule has 0 fully saturated rings. The van der Waals surface area contributed by atoms with Gasteiger partial charge in [-0.25, -0.2) is 0 Å². The third-order valence-corrected chi connectivity index (χ3v) is 3.87. The zero-order valence-corrected chi connectivity index (χ0v) is 13.5. The van der Waals surface area contributed by atoms with Crippen molar-refractivity contribution in [1.82, 2.24) is 5.32 Å². The van der Waals surface area contributed by atoms with Crippen molar-refractivity contribution in [2.45, 2.75) is 26.2 Å². The van der Waals surface area contributed by atoms with Crippen LogP contribution in [0.4, 0.5) is 0 Å². The molecule has 1 amide bonds. The number of hydrogen-bond donors (Lipinski definition) is 2. The van der Waals surface area contributed by atoms with E-state index >= 15 is 0 Å². The summed E-state index contributed by atoms with van der Waals surface area (Å²) in [6.45, 7) is 2.49. The average Bonchev–Trinajstić information content (AvgIpc) is 2.39. The van der Waals surface area contributed by atoms with E-state index in [1.807, 2.05) is 6.92 Å². The Morgan fingerprint density at radius 2 is 2.10 bits per heavy atom. The third-order valence-electron chi connectivity index (χ3n) is 2.95. The molecular formula is C14H17BrClNO3. The number of halogens is 2. The molecule has 1 unspecified atom stereocenters. The highest BCUT2D eigenvalue weighted by Crippen LogP contribution is 2.21. The molecule has 0 saturated carbocycles. The van der Waals surface area contributed by atoms with Crippen LogP contribution in [-0.2, 0) is 4.79 Å². The highest BCUT2D eigenvalue weighted by atomic mass is 79.9. The van der Waals surface area contributed by atoms with Crippen LogP contribution in [0, 0.1) is 5.92 Å². The van der Waals surface area contributed by atoms with Gasteiger partial charge in [-0.05, 0) is 52.9 Å². The first-order chi connectivity index (χ1) is 9.40. The molecule has 0 bridgehead atoms. The molecule has 6 heteroatoms. The topological polar surface area (TPSA) is 66.4 Å². The van der Waals surface area contributed by atoms with Gasteiger partial charge in [0.25, 0.3) is 5.91 Å². The second-order valence-corrected chi connectivity index (χ2v) is 6.00. The number of benzene rings is 1. The smallest absolute Gasteiger partial charge is 0.303 e. The molecule has 0 heterocycles. The van der Waals surface area contributed by atoms with E-state index in [2.05, 4.69) is 21.2 Å². The van der Waals surface area contributed by atoms with Crippen LogP contribution < -0.4 is 5.32 Å². The van der Waals surface area contributed by atoms with Crippen molar-refractivity contribution in [3.05, 3.63) is 33.3 Å². The summed E-state index contributed by atoms with van der Waals surface area (Å²) in [5, 5.41) is 11.9. The second kappa shape index (κ2) is 8.27. The zero-order chi connectivity index (χ0) is 15.1. The van der Waals surface area contributed by atoms with Gasteiger partial charge in [-0.3, -0.25) is 9.59 Å². The van der Waals surface area contributed by atoms with Gasteiger partial charge in [-0.2, -0.15) is 0 Å². The lowest BCUT2D eigenvalue weighted by atomic mass is 10.0. The van der Waals surface area contributed by atoms with E-state index in [1.165, 1.54) is 0 Å². The highest BCUT2D eigenvalue weighted by Gasteiger charge is 2.11. The Kier molecular flexibility index (Phi) is 7.02. The van der Waals surface area contributed by atoms with Crippen LogP contribution in [0.5, 0.6) is 0 Å². The van der Waals surface area contributed by atoms with Gasteiger partial charge in [0.2, 0.25) is 0 Å². The van der Waals surface area contributed by atoms with Gasteiger partial charge in [-0.15, -0.1) is 0 Å². The monoisotopic (exact) mass is 361 g/mol. The van der Waals surface area contributed by atoms with Crippen molar-refractivity contribution < 1.29 is 14.7 Å². The SMILES string of the molecule is CC(CCNC(=O)c1cc(Cl)ccc1Br)CCC(=O)O. The number of carboxylic acids is 1. The van der Waals surface area contributed by atoms with Crippen molar-refractivity contribution in [2.24, 2.45) is 5.92 Å². The van der Waals surface area contributed by atoms with Gasteiger partial charge in [0.05, 0.1) is 5.56 Å². The first-order valence-corrected chi connectivity index (χ1v) is 7.52. The first-order valence-electron chi connectivity index (χ1n) is 6.35. The van der Waals surface area contributed by atoms with Crippen LogP contribution in [0.15, 0.2) is 22.7 Å². The van der Waals surface area contributed by atoms with Crippen molar-refractivity contribution in [3.8, 4) is 0 Å². The van der Waals surface area contributed by atoms with E-state index in [-0.39, 0.29) is 18.2 Å². The fraction of sp³-hybridized carbons (Fsp3) is 0.429. The van der Waals surface area contributed by atoms with E-state index in [0.29, 0.717) is 28.0 Å². The number of amides is 1. The predicted octanol–water partition coefficient (Wildman–Crippen LogP) is 3.72. The van der Waals surface area contributed by atoms with Crippen LogP contribution in [0.3, 0.4) is 0 Å². The third kappa shape index (κ3) is 5.92. The van der Waals surface area contributed by atoms with Gasteiger partial charge >= 0.3 is 5.97 Å². The molecule has 0 aliphatic rings. The Morgan fingerprint density at radius 1 is 1.40 bits per heavy atom. The van der Waals surface area contributed by atoms with Gasteiger partial charge < -0.3 is 10.4 Å². The van der Waals surface area contributed by atoms with Crippen LogP contribution in [-0.4, -0.2) is 23.5 Å². The number of hydrogen-bond acceptors (Lipinski definition) is 2. The number of aliphatic carboxylic acids is 1. The summed E-state index contributed by atoms with van der Waals surface area (Å²) < 4.78 is 0.693. The molecule has 20 heavy (non-hydrogen) atoms. The molecule has 0 aliphatic heterocycles. The van der Waals surface area contributed by atoms with E-state index in [1.54, 1.807) is 18.2 Å². The largest absolute Gasteiger partial charge is 0.481 e. The summed E-state index contributed by atoms with van der Waals surface area (Å²) in [5.41, 5.74) is 0.496. The molecule has 4 nitrogen and oxygen atoms in total. The molecule has 1 aromatic carbocycles. The highest BCUT2D eigenvalue weighted by molar-refractivity contribution is 9.10. The van der Waals surface area contributed by atoms with Crippen molar-refractivity contribution in [1.29, 1.82) is 0 Å². The molecule has 0 aromatic heterocycles. The fourth-order valence-corrected chi connectivity index (χ4v) is 2.31. The molecule has 0 saturated heterocycles. The lowest BCUT2D eigenvalue weighted by molar-refractivity contribution is -0.137. The molecular weight excluding hydrogens is 346 g/mol. The van der Waals surface area contributed by atoms with Crippen molar-refractivity contribution >= 4 is 39.4 Å². The zero-order valence-electron chi connectivity index (χ0n) is 11.2. The summed E-state index contributed by atoms with van der Waals surface area (Å²) in [6, 6.07) is 5.04. The summed E-state index contributed by atoms with van der Waals surface area (Å²) in [6.07, 6.45) is 1.53. The van der Waals surface area contributed by atoms with Gasteiger partial charge in [0, 0.05) is 22.5 Å². The minimum atomic E-state index is -0.788. The average molecular weight is 363 g/mol. The van der Waals surface area contributed by atoms with Crippen LogP contribution in [0.2, 0.25) is 5.02 Å². The second-order valence-electron chi connectivity index (χ2n) is 4.71. The molecule has 0 spiro atoms. The van der Waals surface area contributed by atoms with Crippen LogP contribution in [0.1, 0.15) is 36.5 Å². The molecule has 0 radical (unpaired) electrons. The predicted molar refractivity (Wildman–Crippen MR) is 82.1 cm³/mol. The molecule has 1 aromatic rings. The lowest BCUT2D eigenvalue weighted by Gasteiger charge is -2.11. The number of carbonyl (C=O) groups is 2. The fourth-order valence-electron chi connectivity index (χ4n) is 1.71. The minimum absolute atomic E-state index is 0.162. The summed E-state index contributed by atoms with van der Waals surface area (Å²) in [7, 11) is 0. The van der Waals surface area contributed by atoms with Gasteiger partial charge in [0.1, 0.15) is 0 Å². The van der Waals surface area contributed by atoms with E-state index in [4.69, 9.17) is 16.7 Å².